The van der Waals surface area contributed by atoms with Crippen molar-refractivity contribution in [3.63, 3.8) is 0 Å². The van der Waals surface area contributed by atoms with E-state index in [2.05, 4.69) is 42.4 Å². The van der Waals surface area contributed by atoms with E-state index < -0.39 is 0 Å². The second-order valence-electron chi connectivity index (χ2n) is 6.68. The highest BCUT2D eigenvalue weighted by Gasteiger charge is 2.25. The Balaban J connectivity index is 2.51. The van der Waals surface area contributed by atoms with Crippen molar-refractivity contribution in [2.24, 2.45) is 5.41 Å². The lowest BCUT2D eigenvalue weighted by Crippen LogP contribution is -2.32. The van der Waals surface area contributed by atoms with E-state index in [1.165, 1.54) is 6.07 Å². The van der Waals surface area contributed by atoms with Crippen LogP contribution in [0.2, 0.25) is 0 Å². The molecule has 0 aliphatic rings. The molecule has 1 unspecified atom stereocenters. The largest absolute Gasteiger partial charge is 0.326 e. The van der Waals surface area contributed by atoms with E-state index in [9.17, 15) is 4.39 Å². The molecule has 1 aromatic heterocycles. The maximum absolute atomic E-state index is 14.0. The molecule has 1 atom stereocenters. The van der Waals surface area contributed by atoms with Crippen LogP contribution in [0.3, 0.4) is 0 Å². The highest BCUT2D eigenvalue weighted by Crippen LogP contribution is 2.30. The van der Waals surface area contributed by atoms with Gasteiger partial charge < -0.3 is 9.47 Å². The lowest BCUT2D eigenvalue weighted by Gasteiger charge is -2.29. The number of fused-ring (bicyclic) bond motifs is 1. The van der Waals surface area contributed by atoms with Gasteiger partial charge in [-0.3, -0.25) is 0 Å². The molecule has 0 aliphatic carbocycles. The molecule has 116 valence electrons. The number of hydrogen-bond donors (Lipinski definition) is 0. The first kappa shape index (κ1) is 16.2. The second kappa shape index (κ2) is 5.93. The molecule has 0 amide bonds. The van der Waals surface area contributed by atoms with Crippen LogP contribution < -0.4 is 0 Å². The van der Waals surface area contributed by atoms with Crippen LogP contribution in [0.4, 0.5) is 4.39 Å². The third-order valence-electron chi connectivity index (χ3n) is 3.45. The van der Waals surface area contributed by atoms with Crippen LogP contribution in [-0.4, -0.2) is 35.1 Å². The number of para-hydroxylation sites is 1. The number of nitrogens with zero attached hydrogens (tertiary/aromatic N) is 3. The number of hydrogen-bond acceptors (Lipinski definition) is 2. The van der Waals surface area contributed by atoms with Crippen LogP contribution in [0.15, 0.2) is 18.2 Å². The average molecular weight is 312 g/mol. The van der Waals surface area contributed by atoms with Gasteiger partial charge in [0, 0.05) is 13.1 Å². The highest BCUT2D eigenvalue weighted by atomic mass is 35.5. The fourth-order valence-corrected chi connectivity index (χ4v) is 3.10. The van der Waals surface area contributed by atoms with E-state index >= 15 is 0 Å². The highest BCUT2D eigenvalue weighted by molar-refractivity contribution is 6.20. The molecular weight excluding hydrogens is 289 g/mol. The first-order chi connectivity index (χ1) is 9.71. The fraction of sp³-hybridized carbons (Fsp3) is 0.562. The van der Waals surface area contributed by atoms with Gasteiger partial charge >= 0.3 is 0 Å². The number of aromatic nitrogens is 2. The first-order valence-electron chi connectivity index (χ1n) is 7.15. The maximum atomic E-state index is 14.0. The number of benzene rings is 1. The van der Waals surface area contributed by atoms with Crippen LogP contribution >= 0.6 is 11.6 Å². The standard InChI is InChI=1S/C16H23ClFN3/c1-11(17)15-19-14-12(18)7-6-8-13(14)21(15)10-16(2,3)9-20(4)5/h6-8,11H,9-10H2,1-5H3. The van der Waals surface area contributed by atoms with E-state index in [-0.39, 0.29) is 16.6 Å². The van der Waals surface area contributed by atoms with Gasteiger partial charge in [0.2, 0.25) is 0 Å². The smallest absolute Gasteiger partial charge is 0.151 e. The van der Waals surface area contributed by atoms with Gasteiger partial charge in [0.15, 0.2) is 5.82 Å². The molecule has 5 heteroatoms. The predicted octanol–water partition coefficient (Wildman–Crippen LogP) is 4.06. The zero-order chi connectivity index (χ0) is 15.8. The molecule has 0 N–H and O–H groups in total. The van der Waals surface area contributed by atoms with Gasteiger partial charge in [0.1, 0.15) is 11.3 Å². The molecule has 2 aromatic rings. The molecule has 0 bridgehead atoms. The van der Waals surface area contributed by atoms with Gasteiger partial charge in [-0.1, -0.05) is 19.9 Å². The number of halogens is 2. The fourth-order valence-electron chi connectivity index (χ4n) is 2.93. The van der Waals surface area contributed by atoms with Crippen LogP contribution in [0.1, 0.15) is 32.0 Å². The SMILES string of the molecule is CC(Cl)c1nc2c(F)cccc2n1CC(C)(C)CN(C)C. The van der Waals surface area contributed by atoms with E-state index in [1.807, 2.05) is 13.0 Å². The van der Waals surface area contributed by atoms with E-state index in [1.54, 1.807) is 6.07 Å². The van der Waals surface area contributed by atoms with Crippen molar-refractivity contribution in [1.29, 1.82) is 0 Å². The molecule has 2 rings (SSSR count). The number of alkyl halides is 1. The third kappa shape index (κ3) is 3.55. The summed E-state index contributed by atoms with van der Waals surface area (Å²) in [6.07, 6.45) is 0. The summed E-state index contributed by atoms with van der Waals surface area (Å²) in [4.78, 5) is 6.57. The van der Waals surface area contributed by atoms with Crippen LogP contribution in [0.25, 0.3) is 11.0 Å². The summed E-state index contributed by atoms with van der Waals surface area (Å²) >= 11 is 6.25. The van der Waals surface area contributed by atoms with Crippen molar-refractivity contribution in [2.75, 3.05) is 20.6 Å². The summed E-state index contributed by atoms with van der Waals surface area (Å²) in [6, 6.07) is 5.06. The monoisotopic (exact) mass is 311 g/mol. The lowest BCUT2D eigenvalue weighted by molar-refractivity contribution is 0.211. The average Bonchev–Trinajstić information content (AvgIpc) is 2.67. The van der Waals surface area contributed by atoms with Crippen molar-refractivity contribution in [2.45, 2.75) is 32.7 Å². The lowest BCUT2D eigenvalue weighted by atomic mass is 9.92. The molecule has 0 spiro atoms. The molecule has 0 radical (unpaired) electrons. The molecule has 3 nitrogen and oxygen atoms in total. The van der Waals surface area contributed by atoms with Gasteiger partial charge in [-0.05, 0) is 38.6 Å². The Morgan fingerprint density at radius 2 is 2.05 bits per heavy atom. The van der Waals surface area contributed by atoms with Crippen molar-refractivity contribution in [1.82, 2.24) is 14.5 Å². The summed E-state index contributed by atoms with van der Waals surface area (Å²) in [5.74, 6) is 0.429. The first-order valence-corrected chi connectivity index (χ1v) is 7.58. The Morgan fingerprint density at radius 1 is 1.38 bits per heavy atom. The minimum absolute atomic E-state index is 0.0317. The molecule has 0 fully saturated rings. The summed E-state index contributed by atoms with van der Waals surface area (Å²) in [5.41, 5.74) is 1.24. The molecule has 0 saturated carbocycles. The molecule has 0 saturated heterocycles. The Morgan fingerprint density at radius 3 is 2.62 bits per heavy atom. The molecule has 1 aromatic carbocycles. The minimum Gasteiger partial charge on any atom is -0.326 e. The minimum atomic E-state index is -0.296. The Bertz CT molecular complexity index is 632. The second-order valence-corrected chi connectivity index (χ2v) is 7.34. The Labute approximate surface area is 130 Å². The maximum Gasteiger partial charge on any atom is 0.151 e. The van der Waals surface area contributed by atoms with Crippen molar-refractivity contribution < 1.29 is 4.39 Å². The van der Waals surface area contributed by atoms with Gasteiger partial charge in [-0.2, -0.15) is 0 Å². The Hall–Kier alpha value is -1.13. The number of rotatable bonds is 5. The zero-order valence-electron chi connectivity index (χ0n) is 13.3. The van der Waals surface area contributed by atoms with Crippen LogP contribution in [-0.2, 0) is 6.54 Å². The van der Waals surface area contributed by atoms with Gasteiger partial charge in [-0.25, -0.2) is 9.37 Å². The summed E-state index contributed by atoms with van der Waals surface area (Å²) in [5, 5.41) is -0.257. The molecule has 0 aliphatic heterocycles. The van der Waals surface area contributed by atoms with Crippen molar-refractivity contribution in [3.05, 3.63) is 29.8 Å². The number of imidazole rings is 1. The van der Waals surface area contributed by atoms with Crippen molar-refractivity contribution in [3.8, 4) is 0 Å². The van der Waals surface area contributed by atoms with Gasteiger partial charge in [-0.15, -0.1) is 11.6 Å². The quantitative estimate of drug-likeness (QED) is 0.776. The van der Waals surface area contributed by atoms with E-state index in [0.29, 0.717) is 5.52 Å². The molecule has 1 heterocycles. The summed E-state index contributed by atoms with van der Waals surface area (Å²) in [6.45, 7) is 7.94. The van der Waals surface area contributed by atoms with Crippen LogP contribution in [0, 0.1) is 11.2 Å². The van der Waals surface area contributed by atoms with Crippen molar-refractivity contribution >= 4 is 22.6 Å². The van der Waals surface area contributed by atoms with Gasteiger partial charge in [0.25, 0.3) is 0 Å². The topological polar surface area (TPSA) is 21.1 Å². The van der Waals surface area contributed by atoms with E-state index in [0.717, 1.165) is 24.4 Å². The Kier molecular flexibility index (Phi) is 4.59. The molecular formula is C16H23ClFN3. The van der Waals surface area contributed by atoms with E-state index in [4.69, 9.17) is 11.6 Å². The third-order valence-corrected chi connectivity index (χ3v) is 3.64. The summed E-state index contributed by atoms with van der Waals surface area (Å²) < 4.78 is 16.0. The summed E-state index contributed by atoms with van der Waals surface area (Å²) in [7, 11) is 4.11. The zero-order valence-corrected chi connectivity index (χ0v) is 14.1. The molecule has 21 heavy (non-hydrogen) atoms. The van der Waals surface area contributed by atoms with Crippen LogP contribution in [0.5, 0.6) is 0 Å². The van der Waals surface area contributed by atoms with Gasteiger partial charge in [0.05, 0.1) is 10.9 Å². The predicted molar refractivity (Wildman–Crippen MR) is 86.3 cm³/mol. The normalized spacial score (nSPS) is 14.1.